The van der Waals surface area contributed by atoms with Crippen molar-refractivity contribution in [2.45, 2.75) is 26.4 Å². The van der Waals surface area contributed by atoms with Gasteiger partial charge >= 0.3 is 0 Å². The van der Waals surface area contributed by atoms with Crippen molar-refractivity contribution in [1.82, 2.24) is 5.32 Å². The summed E-state index contributed by atoms with van der Waals surface area (Å²) in [4.78, 5) is 0. The highest BCUT2D eigenvalue weighted by Gasteiger charge is 2.08. The summed E-state index contributed by atoms with van der Waals surface area (Å²) < 4.78 is 24.0. The molecular weight excluding hydrogens is 233 g/mol. The molecule has 18 heavy (non-hydrogen) atoms. The van der Waals surface area contributed by atoms with Crippen LogP contribution in [0.4, 0.5) is 4.39 Å². The van der Waals surface area contributed by atoms with E-state index in [2.05, 4.69) is 5.32 Å². The molecule has 1 rings (SSSR count). The third-order valence-corrected chi connectivity index (χ3v) is 2.55. The summed E-state index contributed by atoms with van der Waals surface area (Å²) in [5.41, 5.74) is 0.992. The first kappa shape index (κ1) is 14.9. The first-order valence-electron chi connectivity index (χ1n) is 6.26. The average molecular weight is 255 g/mol. The van der Waals surface area contributed by atoms with Crippen molar-refractivity contribution < 1.29 is 13.9 Å². The zero-order valence-corrected chi connectivity index (χ0v) is 11.3. The number of hydrogen-bond donors (Lipinski definition) is 1. The summed E-state index contributed by atoms with van der Waals surface area (Å²) in [6.07, 6.45) is 0.894. The molecule has 4 heteroatoms. The van der Waals surface area contributed by atoms with Gasteiger partial charge in [-0.2, -0.15) is 0 Å². The highest BCUT2D eigenvalue weighted by molar-refractivity contribution is 5.29. The number of aryl methyl sites for hydroxylation is 1. The van der Waals surface area contributed by atoms with E-state index in [0.717, 1.165) is 25.1 Å². The normalized spacial score (nSPS) is 12.4. The molecule has 102 valence electrons. The molecule has 1 atom stereocenters. The molecule has 0 aliphatic carbocycles. The summed E-state index contributed by atoms with van der Waals surface area (Å²) in [6, 6.07) is 4.88. The van der Waals surface area contributed by atoms with Crippen molar-refractivity contribution in [2.24, 2.45) is 0 Å². The first-order valence-corrected chi connectivity index (χ1v) is 6.26. The molecule has 0 spiro atoms. The molecule has 0 saturated carbocycles. The molecule has 0 aromatic heterocycles. The van der Waals surface area contributed by atoms with E-state index in [1.165, 1.54) is 6.07 Å². The number of methoxy groups -OCH3 is 1. The van der Waals surface area contributed by atoms with Crippen LogP contribution < -0.4 is 10.1 Å². The van der Waals surface area contributed by atoms with Crippen LogP contribution in [-0.4, -0.2) is 32.9 Å². The van der Waals surface area contributed by atoms with E-state index in [1.807, 2.05) is 13.8 Å². The molecule has 1 aromatic carbocycles. The van der Waals surface area contributed by atoms with Gasteiger partial charge in [0.15, 0.2) is 11.6 Å². The van der Waals surface area contributed by atoms with Crippen molar-refractivity contribution in [3.63, 3.8) is 0 Å². The number of ether oxygens (including phenoxy) is 2. The Labute approximate surface area is 108 Å². The molecule has 0 heterocycles. The predicted molar refractivity (Wildman–Crippen MR) is 70.6 cm³/mol. The highest BCUT2D eigenvalue weighted by Crippen LogP contribution is 2.19. The predicted octanol–water partition coefficient (Wildman–Crippen LogP) is 2.53. The Balaban J connectivity index is 2.30. The molecule has 0 radical (unpaired) electrons. The van der Waals surface area contributed by atoms with Gasteiger partial charge in [0, 0.05) is 20.3 Å². The summed E-state index contributed by atoms with van der Waals surface area (Å²) in [7, 11) is 1.69. The van der Waals surface area contributed by atoms with Crippen LogP contribution >= 0.6 is 0 Å². The van der Waals surface area contributed by atoms with Crippen molar-refractivity contribution in [3.8, 4) is 5.75 Å². The minimum absolute atomic E-state index is 0.0659. The van der Waals surface area contributed by atoms with Gasteiger partial charge in [-0.05, 0) is 44.5 Å². The molecule has 3 nitrogen and oxygen atoms in total. The van der Waals surface area contributed by atoms with Crippen LogP contribution in [0.5, 0.6) is 5.75 Å². The maximum atomic E-state index is 13.5. The molecule has 0 saturated heterocycles. The van der Waals surface area contributed by atoms with Gasteiger partial charge in [0.25, 0.3) is 0 Å². The molecule has 1 unspecified atom stereocenters. The topological polar surface area (TPSA) is 30.5 Å². The zero-order valence-electron chi connectivity index (χ0n) is 11.3. The third kappa shape index (κ3) is 5.47. The fourth-order valence-electron chi connectivity index (χ4n) is 1.61. The summed E-state index contributed by atoms with van der Waals surface area (Å²) in [5, 5.41) is 3.25. The van der Waals surface area contributed by atoms with Gasteiger partial charge in [-0.1, -0.05) is 6.07 Å². The van der Waals surface area contributed by atoms with Gasteiger partial charge in [-0.3, -0.25) is 0 Å². The quantitative estimate of drug-likeness (QED) is 0.724. The molecule has 0 amide bonds. The van der Waals surface area contributed by atoms with E-state index in [-0.39, 0.29) is 11.9 Å². The summed E-state index contributed by atoms with van der Waals surface area (Å²) in [5.74, 6) is 0.00743. The Hall–Kier alpha value is -1.13. The maximum Gasteiger partial charge on any atom is 0.165 e. The van der Waals surface area contributed by atoms with Crippen LogP contribution in [-0.2, 0) is 4.74 Å². The zero-order chi connectivity index (χ0) is 13.4. The Morgan fingerprint density at radius 1 is 1.39 bits per heavy atom. The Morgan fingerprint density at radius 3 is 2.89 bits per heavy atom. The Kier molecular flexibility index (Phi) is 6.68. The number of rotatable bonds is 8. The summed E-state index contributed by atoms with van der Waals surface area (Å²) >= 11 is 0. The van der Waals surface area contributed by atoms with Gasteiger partial charge in [-0.15, -0.1) is 0 Å². The van der Waals surface area contributed by atoms with Crippen LogP contribution in [0.3, 0.4) is 0 Å². The lowest BCUT2D eigenvalue weighted by molar-refractivity contribution is 0.186. The molecule has 0 fully saturated rings. The Bertz CT molecular complexity index is 358. The SMILES string of the molecule is COCCCNCC(C)Oc1cc(C)ccc1F. The van der Waals surface area contributed by atoms with Gasteiger partial charge in [-0.25, -0.2) is 4.39 Å². The molecule has 1 N–H and O–H groups in total. The van der Waals surface area contributed by atoms with Crippen LogP contribution in [0.25, 0.3) is 0 Å². The molecule has 0 aliphatic heterocycles. The number of halogens is 1. The minimum atomic E-state index is -0.313. The molecular formula is C14H22FNO2. The number of hydrogen-bond acceptors (Lipinski definition) is 3. The van der Waals surface area contributed by atoms with Crippen molar-refractivity contribution in [3.05, 3.63) is 29.6 Å². The van der Waals surface area contributed by atoms with Crippen LogP contribution in [0.1, 0.15) is 18.9 Å². The largest absolute Gasteiger partial charge is 0.486 e. The summed E-state index contributed by atoms with van der Waals surface area (Å²) in [6.45, 7) is 6.15. The van der Waals surface area contributed by atoms with Crippen LogP contribution in [0.15, 0.2) is 18.2 Å². The Morgan fingerprint density at radius 2 is 2.17 bits per heavy atom. The second kappa shape index (κ2) is 8.06. The van der Waals surface area contributed by atoms with Gasteiger partial charge in [0.05, 0.1) is 0 Å². The third-order valence-electron chi connectivity index (χ3n) is 2.55. The van der Waals surface area contributed by atoms with Crippen LogP contribution in [0.2, 0.25) is 0 Å². The van der Waals surface area contributed by atoms with E-state index in [4.69, 9.17) is 9.47 Å². The highest BCUT2D eigenvalue weighted by atomic mass is 19.1. The van der Waals surface area contributed by atoms with Crippen molar-refractivity contribution >= 4 is 0 Å². The molecule has 1 aromatic rings. The second-order valence-electron chi connectivity index (χ2n) is 4.41. The monoisotopic (exact) mass is 255 g/mol. The van der Waals surface area contributed by atoms with Gasteiger partial charge in [0.2, 0.25) is 0 Å². The first-order chi connectivity index (χ1) is 8.63. The molecule has 0 bridgehead atoms. The number of nitrogens with one attached hydrogen (secondary N) is 1. The molecule has 0 aliphatic rings. The van der Waals surface area contributed by atoms with Gasteiger partial charge in [0.1, 0.15) is 6.10 Å². The average Bonchev–Trinajstić information content (AvgIpc) is 2.33. The minimum Gasteiger partial charge on any atom is -0.486 e. The fourth-order valence-corrected chi connectivity index (χ4v) is 1.61. The van der Waals surface area contributed by atoms with E-state index in [9.17, 15) is 4.39 Å². The van der Waals surface area contributed by atoms with E-state index in [1.54, 1.807) is 19.2 Å². The number of benzene rings is 1. The standard InChI is InChI=1S/C14H22FNO2/c1-11-5-6-13(15)14(9-11)18-12(2)10-16-7-4-8-17-3/h5-6,9,12,16H,4,7-8,10H2,1-3H3. The van der Waals surface area contributed by atoms with Gasteiger partial charge < -0.3 is 14.8 Å². The van der Waals surface area contributed by atoms with E-state index < -0.39 is 0 Å². The van der Waals surface area contributed by atoms with Crippen LogP contribution in [0, 0.1) is 12.7 Å². The van der Waals surface area contributed by atoms with E-state index >= 15 is 0 Å². The van der Waals surface area contributed by atoms with E-state index in [0.29, 0.717) is 12.3 Å². The smallest absolute Gasteiger partial charge is 0.165 e. The second-order valence-corrected chi connectivity index (χ2v) is 4.41. The lowest BCUT2D eigenvalue weighted by atomic mass is 10.2. The lowest BCUT2D eigenvalue weighted by Gasteiger charge is -2.16. The van der Waals surface area contributed by atoms with Crippen molar-refractivity contribution in [1.29, 1.82) is 0 Å². The lowest BCUT2D eigenvalue weighted by Crippen LogP contribution is -2.30. The maximum absolute atomic E-state index is 13.5. The fraction of sp³-hybridized carbons (Fsp3) is 0.571. The van der Waals surface area contributed by atoms with Crippen molar-refractivity contribution in [2.75, 3.05) is 26.8 Å².